The molecule has 148 valence electrons. The summed E-state index contributed by atoms with van der Waals surface area (Å²) >= 11 is 0. The van der Waals surface area contributed by atoms with Crippen molar-refractivity contribution in [2.24, 2.45) is 0 Å². The van der Waals surface area contributed by atoms with E-state index in [4.69, 9.17) is 13.8 Å². The van der Waals surface area contributed by atoms with E-state index >= 15 is 4.39 Å². The number of aromatic nitrogens is 4. The molecule has 3 heterocycles. The van der Waals surface area contributed by atoms with E-state index in [1.54, 1.807) is 31.4 Å². The Morgan fingerprint density at radius 3 is 2.64 bits per heavy atom. The van der Waals surface area contributed by atoms with Gasteiger partial charge in [0.15, 0.2) is 5.82 Å². The Labute approximate surface area is 161 Å². The zero-order chi connectivity index (χ0) is 19.7. The highest BCUT2D eigenvalue weighted by atomic mass is 19.1. The smallest absolute Gasteiger partial charge is 0.266 e. The second kappa shape index (κ2) is 7.31. The zero-order valence-corrected chi connectivity index (χ0v) is 16.1. The summed E-state index contributed by atoms with van der Waals surface area (Å²) < 4.78 is 31.1. The molecule has 0 amide bonds. The van der Waals surface area contributed by atoms with Crippen molar-refractivity contribution in [1.82, 2.24) is 25.2 Å². The number of ether oxygens (including phenoxy) is 1. The van der Waals surface area contributed by atoms with Gasteiger partial charge in [0, 0.05) is 31.0 Å². The molecule has 1 unspecified atom stereocenters. The van der Waals surface area contributed by atoms with Crippen molar-refractivity contribution in [2.75, 3.05) is 20.2 Å². The number of nitrogens with zero attached hydrogens (tertiary/aromatic N) is 5. The van der Waals surface area contributed by atoms with Crippen LogP contribution in [0.4, 0.5) is 4.39 Å². The second-order valence-corrected chi connectivity index (χ2v) is 7.28. The van der Waals surface area contributed by atoms with Crippen LogP contribution in [0.5, 0.6) is 5.75 Å². The van der Waals surface area contributed by atoms with E-state index in [9.17, 15) is 0 Å². The normalized spacial score (nSPS) is 20.2. The largest absolute Gasteiger partial charge is 0.497 e. The highest BCUT2D eigenvalue weighted by molar-refractivity contribution is 5.55. The van der Waals surface area contributed by atoms with Crippen LogP contribution in [0.15, 0.2) is 33.3 Å². The van der Waals surface area contributed by atoms with Crippen molar-refractivity contribution in [3.8, 4) is 17.1 Å². The average molecular weight is 387 g/mol. The van der Waals surface area contributed by atoms with Crippen LogP contribution in [0, 0.1) is 0 Å². The molecule has 0 N–H and O–H groups in total. The average Bonchev–Trinajstić information content (AvgIpc) is 3.43. The van der Waals surface area contributed by atoms with E-state index in [1.807, 2.05) is 18.7 Å². The number of methoxy groups -OCH3 is 1. The lowest BCUT2D eigenvalue weighted by Gasteiger charge is -2.15. The lowest BCUT2D eigenvalue weighted by atomic mass is 10.1. The summed E-state index contributed by atoms with van der Waals surface area (Å²) in [5.74, 6) is 2.40. The Bertz CT molecular complexity index is 939. The van der Waals surface area contributed by atoms with Crippen LogP contribution in [0.2, 0.25) is 0 Å². The van der Waals surface area contributed by atoms with Gasteiger partial charge in [-0.05, 0) is 24.3 Å². The molecule has 3 aromatic rings. The SMILES string of the molecule is COc1ccc(-c2noc(C3(F)CCN(Cc4nc(C(C)C)no4)C3)n2)cc1. The molecule has 1 saturated heterocycles. The van der Waals surface area contributed by atoms with Gasteiger partial charge in [0.05, 0.1) is 13.7 Å². The summed E-state index contributed by atoms with van der Waals surface area (Å²) in [5.41, 5.74) is -0.958. The van der Waals surface area contributed by atoms with E-state index < -0.39 is 5.67 Å². The Morgan fingerprint density at radius 1 is 1.18 bits per heavy atom. The predicted molar refractivity (Wildman–Crippen MR) is 97.4 cm³/mol. The summed E-state index contributed by atoms with van der Waals surface area (Å²) in [6.07, 6.45) is 0.266. The maximum absolute atomic E-state index is 15.5. The van der Waals surface area contributed by atoms with Crippen molar-refractivity contribution in [3.05, 3.63) is 41.9 Å². The van der Waals surface area contributed by atoms with Crippen LogP contribution in [-0.4, -0.2) is 45.4 Å². The minimum Gasteiger partial charge on any atom is -0.497 e. The Kier molecular flexibility index (Phi) is 4.84. The van der Waals surface area contributed by atoms with Crippen LogP contribution < -0.4 is 4.74 Å². The molecule has 0 radical (unpaired) electrons. The van der Waals surface area contributed by atoms with E-state index in [1.165, 1.54) is 0 Å². The van der Waals surface area contributed by atoms with Gasteiger partial charge < -0.3 is 13.8 Å². The van der Waals surface area contributed by atoms with Crippen molar-refractivity contribution in [1.29, 1.82) is 0 Å². The maximum Gasteiger partial charge on any atom is 0.266 e. The van der Waals surface area contributed by atoms with Crippen LogP contribution in [0.1, 0.15) is 43.8 Å². The van der Waals surface area contributed by atoms with Crippen LogP contribution in [-0.2, 0) is 12.2 Å². The third-order valence-corrected chi connectivity index (χ3v) is 4.82. The summed E-state index contributed by atoms with van der Waals surface area (Å²) in [4.78, 5) is 10.5. The molecule has 1 aromatic carbocycles. The first kappa shape index (κ1) is 18.5. The molecule has 1 fully saturated rings. The molecule has 1 aliphatic rings. The number of halogens is 1. The van der Waals surface area contributed by atoms with E-state index in [0.717, 1.165) is 11.3 Å². The highest BCUT2D eigenvalue weighted by Crippen LogP contribution is 2.36. The number of benzene rings is 1. The topological polar surface area (TPSA) is 90.3 Å². The fraction of sp³-hybridized carbons (Fsp3) is 0.474. The molecule has 0 bridgehead atoms. The molecule has 2 aromatic heterocycles. The van der Waals surface area contributed by atoms with Gasteiger partial charge in [-0.15, -0.1) is 0 Å². The quantitative estimate of drug-likeness (QED) is 0.636. The zero-order valence-electron chi connectivity index (χ0n) is 16.1. The Balaban J connectivity index is 1.45. The first-order valence-corrected chi connectivity index (χ1v) is 9.19. The number of rotatable bonds is 6. The first-order chi connectivity index (χ1) is 13.5. The summed E-state index contributed by atoms with van der Waals surface area (Å²) in [6.45, 7) is 5.05. The van der Waals surface area contributed by atoms with Gasteiger partial charge in [-0.25, -0.2) is 4.39 Å². The summed E-state index contributed by atoms with van der Waals surface area (Å²) in [7, 11) is 1.60. The molecular weight excluding hydrogens is 365 g/mol. The van der Waals surface area contributed by atoms with E-state index in [0.29, 0.717) is 30.6 Å². The molecule has 0 aliphatic carbocycles. The van der Waals surface area contributed by atoms with Crippen molar-refractivity contribution in [2.45, 2.75) is 38.4 Å². The molecule has 0 spiro atoms. The number of hydrogen-bond donors (Lipinski definition) is 0. The van der Waals surface area contributed by atoms with Gasteiger partial charge in [-0.3, -0.25) is 4.90 Å². The lowest BCUT2D eigenvalue weighted by molar-refractivity contribution is 0.112. The molecule has 8 nitrogen and oxygen atoms in total. The monoisotopic (exact) mass is 387 g/mol. The van der Waals surface area contributed by atoms with Crippen molar-refractivity contribution < 1.29 is 18.2 Å². The molecule has 9 heteroatoms. The summed E-state index contributed by atoms with van der Waals surface area (Å²) in [5, 5.41) is 7.88. The van der Waals surface area contributed by atoms with Crippen molar-refractivity contribution in [3.63, 3.8) is 0 Å². The van der Waals surface area contributed by atoms with E-state index in [2.05, 4.69) is 20.3 Å². The Hall–Kier alpha value is -2.81. The second-order valence-electron chi connectivity index (χ2n) is 7.28. The van der Waals surface area contributed by atoms with Gasteiger partial charge in [0.2, 0.25) is 17.4 Å². The van der Waals surface area contributed by atoms with E-state index in [-0.39, 0.29) is 24.8 Å². The molecular formula is C19H22FN5O3. The molecule has 0 saturated carbocycles. The number of hydrogen-bond acceptors (Lipinski definition) is 8. The highest BCUT2D eigenvalue weighted by Gasteiger charge is 2.45. The molecule has 28 heavy (non-hydrogen) atoms. The predicted octanol–water partition coefficient (Wildman–Crippen LogP) is 3.32. The van der Waals surface area contributed by atoms with Crippen LogP contribution >= 0.6 is 0 Å². The number of alkyl halides is 1. The molecule has 4 rings (SSSR count). The van der Waals surface area contributed by atoms with Gasteiger partial charge in [0.1, 0.15) is 5.75 Å². The third kappa shape index (κ3) is 3.62. The van der Waals surface area contributed by atoms with Gasteiger partial charge in [-0.1, -0.05) is 24.2 Å². The third-order valence-electron chi connectivity index (χ3n) is 4.82. The van der Waals surface area contributed by atoms with Crippen LogP contribution in [0.3, 0.4) is 0 Å². The van der Waals surface area contributed by atoms with Crippen LogP contribution in [0.25, 0.3) is 11.4 Å². The van der Waals surface area contributed by atoms with Gasteiger partial charge in [0.25, 0.3) is 5.89 Å². The molecule has 1 aliphatic heterocycles. The standard InChI is InChI=1S/C19H22FN5O3/c1-12(2)16-21-15(27-23-16)10-25-9-8-19(20,11-25)18-22-17(24-28-18)13-4-6-14(26-3)7-5-13/h4-7,12H,8-11H2,1-3H3. The minimum absolute atomic E-state index is 0.00536. The van der Waals surface area contributed by atoms with Gasteiger partial charge >= 0.3 is 0 Å². The fourth-order valence-electron chi connectivity index (χ4n) is 3.18. The maximum atomic E-state index is 15.5. The first-order valence-electron chi connectivity index (χ1n) is 9.19. The summed E-state index contributed by atoms with van der Waals surface area (Å²) in [6, 6.07) is 7.20. The minimum atomic E-state index is -1.70. The number of likely N-dealkylation sites (tertiary alicyclic amines) is 1. The molecule has 1 atom stereocenters. The van der Waals surface area contributed by atoms with Gasteiger partial charge in [-0.2, -0.15) is 9.97 Å². The lowest BCUT2D eigenvalue weighted by Crippen LogP contribution is -2.27. The van der Waals surface area contributed by atoms with Crippen molar-refractivity contribution >= 4 is 0 Å². The Morgan fingerprint density at radius 2 is 1.96 bits per heavy atom. The fourth-order valence-corrected chi connectivity index (χ4v) is 3.18.